The summed E-state index contributed by atoms with van der Waals surface area (Å²) in [6, 6.07) is 8.87. The molecule has 0 aliphatic heterocycles. The molecule has 0 bridgehead atoms. The van der Waals surface area contributed by atoms with Gasteiger partial charge in [0.15, 0.2) is 5.69 Å². The molecule has 26 heavy (non-hydrogen) atoms. The number of aromatic nitrogens is 4. The molecule has 136 valence electrons. The first-order valence-electron chi connectivity index (χ1n) is 7.30. The summed E-state index contributed by atoms with van der Waals surface area (Å²) in [6.07, 6.45) is -3.04. The van der Waals surface area contributed by atoms with Gasteiger partial charge in [-0.2, -0.15) is 18.3 Å². The minimum absolute atomic E-state index is 0.0798. The maximum atomic E-state index is 12.7. The molecule has 6 nitrogen and oxygen atoms in total. The molecule has 0 saturated heterocycles. The number of halogens is 4. The maximum Gasteiger partial charge on any atom is 0.435 e. The quantitative estimate of drug-likeness (QED) is 0.615. The second-order valence-corrected chi connectivity index (χ2v) is 5.55. The van der Waals surface area contributed by atoms with Crippen LogP contribution in [0.1, 0.15) is 11.4 Å². The van der Waals surface area contributed by atoms with E-state index in [0.29, 0.717) is 16.6 Å². The summed E-state index contributed by atoms with van der Waals surface area (Å²) < 4.78 is 50.0. The van der Waals surface area contributed by atoms with Crippen LogP contribution in [0.2, 0.25) is 5.15 Å². The van der Waals surface area contributed by atoms with Crippen LogP contribution >= 0.6 is 11.6 Å². The summed E-state index contributed by atoms with van der Waals surface area (Å²) >= 11 is 5.78. The number of aryl methyl sites for hydroxylation is 1. The van der Waals surface area contributed by atoms with Gasteiger partial charge in [0.2, 0.25) is 11.8 Å². The van der Waals surface area contributed by atoms with Gasteiger partial charge in [-0.1, -0.05) is 17.7 Å². The summed E-state index contributed by atoms with van der Waals surface area (Å²) in [4.78, 5) is 8.04. The van der Waals surface area contributed by atoms with E-state index in [1.807, 2.05) is 0 Å². The van der Waals surface area contributed by atoms with E-state index in [2.05, 4.69) is 15.1 Å². The Morgan fingerprint density at radius 1 is 1.19 bits per heavy atom. The number of pyridine rings is 2. The van der Waals surface area contributed by atoms with Crippen molar-refractivity contribution in [3.8, 4) is 17.5 Å². The molecule has 10 heteroatoms. The van der Waals surface area contributed by atoms with Crippen molar-refractivity contribution in [2.45, 2.75) is 12.8 Å². The number of ether oxygens (including phenoxy) is 2. The Labute approximate surface area is 151 Å². The third kappa shape index (κ3) is 4.42. The number of alkyl halides is 3. The molecule has 0 spiro atoms. The first kappa shape index (κ1) is 18.0. The monoisotopic (exact) mass is 384 g/mol. The molecular formula is C16H12ClF3N4O2. The van der Waals surface area contributed by atoms with Crippen molar-refractivity contribution in [3.05, 3.63) is 59.1 Å². The lowest BCUT2D eigenvalue weighted by Gasteiger charge is -2.08. The van der Waals surface area contributed by atoms with Gasteiger partial charge in [-0.3, -0.25) is 0 Å². The van der Waals surface area contributed by atoms with E-state index in [1.54, 1.807) is 24.3 Å². The van der Waals surface area contributed by atoms with Gasteiger partial charge in [-0.05, 0) is 12.1 Å². The van der Waals surface area contributed by atoms with E-state index in [0.717, 1.165) is 10.7 Å². The highest BCUT2D eigenvalue weighted by Gasteiger charge is 2.35. The van der Waals surface area contributed by atoms with Crippen LogP contribution in [-0.2, 0) is 19.8 Å². The minimum Gasteiger partial charge on any atom is -0.487 e. The molecule has 0 saturated carbocycles. The van der Waals surface area contributed by atoms with Crippen LogP contribution in [0.5, 0.6) is 17.5 Å². The van der Waals surface area contributed by atoms with Gasteiger partial charge in [0, 0.05) is 31.4 Å². The average Bonchev–Trinajstić information content (AvgIpc) is 2.95. The van der Waals surface area contributed by atoms with Crippen molar-refractivity contribution in [2.24, 2.45) is 7.05 Å². The fraction of sp³-hybridized carbons (Fsp3) is 0.188. The second kappa shape index (κ2) is 7.20. The molecule has 3 heterocycles. The molecule has 0 atom stereocenters. The van der Waals surface area contributed by atoms with Gasteiger partial charge in [-0.25, -0.2) is 14.6 Å². The zero-order chi connectivity index (χ0) is 18.7. The fourth-order valence-corrected chi connectivity index (χ4v) is 2.18. The molecule has 3 aromatic heterocycles. The van der Waals surface area contributed by atoms with Gasteiger partial charge in [0.05, 0.1) is 5.69 Å². The Bertz CT molecular complexity index is 915. The number of hydrogen-bond acceptors (Lipinski definition) is 5. The zero-order valence-corrected chi connectivity index (χ0v) is 14.1. The topological polar surface area (TPSA) is 62.1 Å². The van der Waals surface area contributed by atoms with Gasteiger partial charge < -0.3 is 9.47 Å². The predicted octanol–water partition coefficient (Wildman–Crippen LogP) is 4.25. The molecular weight excluding hydrogens is 373 g/mol. The predicted molar refractivity (Wildman–Crippen MR) is 86.1 cm³/mol. The molecule has 0 radical (unpaired) electrons. The highest BCUT2D eigenvalue weighted by atomic mass is 35.5. The van der Waals surface area contributed by atoms with Crippen molar-refractivity contribution in [1.82, 2.24) is 19.7 Å². The van der Waals surface area contributed by atoms with Crippen molar-refractivity contribution >= 4 is 11.6 Å². The molecule has 0 unspecified atom stereocenters. The van der Waals surface area contributed by atoms with E-state index >= 15 is 0 Å². The molecule has 3 aromatic rings. The lowest BCUT2D eigenvalue weighted by atomic mass is 10.3. The summed E-state index contributed by atoms with van der Waals surface area (Å²) in [7, 11) is 1.35. The van der Waals surface area contributed by atoms with Crippen LogP contribution in [0, 0.1) is 0 Å². The molecule has 0 amide bonds. The van der Waals surface area contributed by atoms with E-state index in [4.69, 9.17) is 21.1 Å². The third-order valence-corrected chi connectivity index (χ3v) is 3.41. The summed E-state index contributed by atoms with van der Waals surface area (Å²) in [5, 5.41) is 3.68. The first-order valence-corrected chi connectivity index (χ1v) is 7.68. The molecule has 3 rings (SSSR count). The number of nitrogens with zero attached hydrogens (tertiary/aromatic N) is 4. The number of hydrogen-bond donors (Lipinski definition) is 0. The highest BCUT2D eigenvalue weighted by molar-refractivity contribution is 6.29. The summed E-state index contributed by atoms with van der Waals surface area (Å²) in [6.45, 7) is 0.122. The van der Waals surface area contributed by atoms with Gasteiger partial charge in [-0.15, -0.1) is 0 Å². The average molecular weight is 385 g/mol. The van der Waals surface area contributed by atoms with Crippen LogP contribution in [-0.4, -0.2) is 19.7 Å². The summed E-state index contributed by atoms with van der Waals surface area (Å²) in [5.74, 6) is 0.555. The lowest BCUT2D eigenvalue weighted by molar-refractivity contribution is -0.141. The van der Waals surface area contributed by atoms with E-state index in [1.165, 1.54) is 19.3 Å². The van der Waals surface area contributed by atoms with Crippen LogP contribution in [0.15, 0.2) is 42.6 Å². The van der Waals surface area contributed by atoms with E-state index < -0.39 is 11.9 Å². The number of rotatable bonds is 5. The molecule has 0 aliphatic carbocycles. The Kier molecular flexibility index (Phi) is 4.99. The fourth-order valence-electron chi connectivity index (χ4n) is 2.02. The maximum absolute atomic E-state index is 12.7. The smallest absolute Gasteiger partial charge is 0.435 e. The van der Waals surface area contributed by atoms with Crippen LogP contribution < -0.4 is 9.47 Å². The Hall–Kier alpha value is -2.81. The molecule has 0 N–H and O–H groups in total. The molecule has 0 aromatic carbocycles. The zero-order valence-electron chi connectivity index (χ0n) is 13.4. The van der Waals surface area contributed by atoms with Crippen LogP contribution in [0.4, 0.5) is 13.2 Å². The molecule has 0 fully saturated rings. The standard InChI is InChI=1S/C16H12ClF3N4O2/c1-24-15(8-12(23-24)16(18,19)20)26-14-4-2-3-10(22-14)9-25-11-5-6-21-13(17)7-11/h2-8H,9H2,1H3. The van der Waals surface area contributed by atoms with Gasteiger partial charge in [0.1, 0.15) is 17.5 Å². The van der Waals surface area contributed by atoms with E-state index in [9.17, 15) is 13.2 Å². The Morgan fingerprint density at radius 2 is 2.00 bits per heavy atom. The first-order chi connectivity index (χ1) is 12.3. The Balaban J connectivity index is 1.70. The van der Waals surface area contributed by atoms with Crippen molar-refractivity contribution in [3.63, 3.8) is 0 Å². The lowest BCUT2D eigenvalue weighted by Crippen LogP contribution is -2.06. The third-order valence-electron chi connectivity index (χ3n) is 3.20. The van der Waals surface area contributed by atoms with Gasteiger partial charge in [0.25, 0.3) is 0 Å². The van der Waals surface area contributed by atoms with Crippen LogP contribution in [0.3, 0.4) is 0 Å². The highest BCUT2D eigenvalue weighted by Crippen LogP contribution is 2.31. The minimum atomic E-state index is -4.55. The van der Waals surface area contributed by atoms with Crippen molar-refractivity contribution < 1.29 is 22.6 Å². The van der Waals surface area contributed by atoms with Crippen molar-refractivity contribution in [2.75, 3.05) is 0 Å². The van der Waals surface area contributed by atoms with Crippen LogP contribution in [0.25, 0.3) is 0 Å². The normalized spacial score (nSPS) is 11.4. The van der Waals surface area contributed by atoms with Gasteiger partial charge >= 0.3 is 6.18 Å². The Morgan fingerprint density at radius 3 is 2.69 bits per heavy atom. The van der Waals surface area contributed by atoms with E-state index in [-0.39, 0.29) is 18.4 Å². The molecule has 0 aliphatic rings. The second-order valence-electron chi connectivity index (χ2n) is 5.16. The van der Waals surface area contributed by atoms with Crippen molar-refractivity contribution in [1.29, 1.82) is 0 Å². The largest absolute Gasteiger partial charge is 0.487 e. The SMILES string of the molecule is Cn1nc(C(F)(F)F)cc1Oc1cccc(COc2ccnc(Cl)c2)n1. The summed E-state index contributed by atoms with van der Waals surface area (Å²) in [5.41, 5.74) is -0.516.